The fourth-order valence-electron chi connectivity index (χ4n) is 3.68. The fraction of sp³-hybridized carbons (Fsp3) is 0.526. The minimum absolute atomic E-state index is 0.367. The van der Waals surface area contributed by atoms with Crippen LogP contribution in [-0.4, -0.2) is 54.2 Å². The molecule has 0 spiro atoms. The minimum atomic E-state index is -4.43. The molecule has 4 heterocycles. The molecule has 0 radical (unpaired) electrons. The van der Waals surface area contributed by atoms with Crippen LogP contribution >= 0.6 is 0 Å². The fourth-order valence-corrected chi connectivity index (χ4v) is 3.68. The normalized spacial score (nSPS) is 18.1. The van der Waals surface area contributed by atoms with Crippen LogP contribution in [0.1, 0.15) is 24.2 Å². The van der Waals surface area contributed by atoms with E-state index in [2.05, 4.69) is 19.8 Å². The first-order valence-corrected chi connectivity index (χ1v) is 9.55. The number of anilines is 3. The summed E-state index contributed by atoms with van der Waals surface area (Å²) in [6.07, 6.45) is -2.10. The highest BCUT2D eigenvalue weighted by Gasteiger charge is 2.33. The number of rotatable bonds is 3. The zero-order valence-electron chi connectivity index (χ0n) is 15.8. The topological polar surface area (TPSA) is 48.4 Å². The Morgan fingerprint density at radius 3 is 2.07 bits per heavy atom. The summed E-state index contributed by atoms with van der Waals surface area (Å²) in [5.74, 6) is 2.02. The van der Waals surface area contributed by atoms with Crippen molar-refractivity contribution in [3.8, 4) is 0 Å². The molecule has 0 atom stereocenters. The maximum Gasteiger partial charge on any atom is 0.433 e. The van der Waals surface area contributed by atoms with Crippen LogP contribution in [0.2, 0.25) is 0 Å². The standard InChI is InChI=1S/C19H23F3N6/c1-14-13-17(25-18(23-14)28-7-2-3-8-28)27-11-9-26(10-12-27)16-6-4-5-15(24-16)19(20,21)22/h4-6,13H,2-3,7-12H2,1H3. The molecule has 28 heavy (non-hydrogen) atoms. The van der Waals surface area contributed by atoms with Crippen LogP contribution in [0, 0.1) is 6.92 Å². The highest BCUT2D eigenvalue weighted by molar-refractivity contribution is 5.49. The van der Waals surface area contributed by atoms with Crippen LogP contribution in [0.5, 0.6) is 0 Å². The molecule has 2 fully saturated rings. The maximum absolute atomic E-state index is 12.9. The van der Waals surface area contributed by atoms with Gasteiger partial charge in [0.05, 0.1) is 0 Å². The summed E-state index contributed by atoms with van der Waals surface area (Å²) < 4.78 is 38.7. The molecule has 0 unspecified atom stereocenters. The molecule has 0 aromatic carbocycles. The molecule has 2 aliphatic rings. The predicted octanol–water partition coefficient (Wildman–Crippen LogP) is 3.13. The Morgan fingerprint density at radius 2 is 1.43 bits per heavy atom. The van der Waals surface area contributed by atoms with Crippen molar-refractivity contribution >= 4 is 17.6 Å². The average Bonchev–Trinajstić information content (AvgIpc) is 3.22. The zero-order valence-corrected chi connectivity index (χ0v) is 15.8. The van der Waals surface area contributed by atoms with E-state index in [1.54, 1.807) is 6.07 Å². The van der Waals surface area contributed by atoms with Crippen molar-refractivity contribution in [2.24, 2.45) is 0 Å². The van der Waals surface area contributed by atoms with Gasteiger partial charge in [0, 0.05) is 51.0 Å². The number of aryl methyl sites for hydroxylation is 1. The molecular formula is C19H23F3N6. The van der Waals surface area contributed by atoms with Gasteiger partial charge in [-0.25, -0.2) is 9.97 Å². The van der Waals surface area contributed by atoms with Gasteiger partial charge < -0.3 is 14.7 Å². The van der Waals surface area contributed by atoms with Crippen molar-refractivity contribution < 1.29 is 13.2 Å². The van der Waals surface area contributed by atoms with Gasteiger partial charge in [0.15, 0.2) is 0 Å². The summed E-state index contributed by atoms with van der Waals surface area (Å²) in [7, 11) is 0. The Bertz CT molecular complexity index is 827. The van der Waals surface area contributed by atoms with Crippen molar-refractivity contribution in [1.29, 1.82) is 0 Å². The lowest BCUT2D eigenvalue weighted by Gasteiger charge is -2.36. The molecule has 0 saturated carbocycles. The van der Waals surface area contributed by atoms with Crippen molar-refractivity contribution in [1.82, 2.24) is 15.0 Å². The summed E-state index contributed by atoms with van der Waals surface area (Å²) in [6, 6.07) is 6.01. The van der Waals surface area contributed by atoms with E-state index >= 15 is 0 Å². The molecular weight excluding hydrogens is 369 g/mol. The van der Waals surface area contributed by atoms with E-state index in [1.807, 2.05) is 17.9 Å². The monoisotopic (exact) mass is 392 g/mol. The van der Waals surface area contributed by atoms with Gasteiger partial charge in [-0.3, -0.25) is 0 Å². The second-order valence-corrected chi connectivity index (χ2v) is 7.21. The smallest absolute Gasteiger partial charge is 0.353 e. The van der Waals surface area contributed by atoms with Gasteiger partial charge in [0.25, 0.3) is 0 Å². The van der Waals surface area contributed by atoms with Crippen LogP contribution in [0.15, 0.2) is 24.3 Å². The van der Waals surface area contributed by atoms with E-state index in [4.69, 9.17) is 4.98 Å². The second kappa shape index (κ2) is 7.44. The molecule has 4 rings (SSSR count). The lowest BCUT2D eigenvalue weighted by Crippen LogP contribution is -2.47. The number of piperazine rings is 1. The van der Waals surface area contributed by atoms with Gasteiger partial charge in [-0.2, -0.15) is 18.2 Å². The molecule has 0 bridgehead atoms. The van der Waals surface area contributed by atoms with Crippen molar-refractivity contribution in [3.63, 3.8) is 0 Å². The lowest BCUT2D eigenvalue weighted by atomic mass is 10.2. The first-order chi connectivity index (χ1) is 13.4. The number of alkyl halides is 3. The largest absolute Gasteiger partial charge is 0.433 e. The number of nitrogens with zero attached hydrogens (tertiary/aromatic N) is 6. The molecule has 9 heteroatoms. The van der Waals surface area contributed by atoms with Crippen LogP contribution in [0.3, 0.4) is 0 Å². The molecule has 2 aliphatic heterocycles. The number of hydrogen-bond donors (Lipinski definition) is 0. The Balaban J connectivity index is 1.46. The van der Waals surface area contributed by atoms with Gasteiger partial charge in [-0.15, -0.1) is 0 Å². The van der Waals surface area contributed by atoms with Crippen LogP contribution in [0.25, 0.3) is 0 Å². The minimum Gasteiger partial charge on any atom is -0.353 e. The van der Waals surface area contributed by atoms with Crippen molar-refractivity contribution in [3.05, 3.63) is 35.7 Å². The number of aromatic nitrogens is 3. The van der Waals surface area contributed by atoms with Gasteiger partial charge in [0.2, 0.25) is 5.95 Å². The SMILES string of the molecule is Cc1cc(N2CCN(c3cccc(C(F)(F)F)n3)CC2)nc(N2CCCC2)n1. The maximum atomic E-state index is 12.9. The Morgan fingerprint density at radius 1 is 0.786 bits per heavy atom. The summed E-state index contributed by atoms with van der Waals surface area (Å²) in [5, 5.41) is 0. The molecule has 0 amide bonds. The van der Waals surface area contributed by atoms with E-state index in [-0.39, 0.29) is 0 Å². The third kappa shape index (κ3) is 3.98. The average molecular weight is 392 g/mol. The first kappa shape index (κ1) is 18.8. The van der Waals surface area contributed by atoms with Crippen molar-refractivity contribution in [2.75, 3.05) is 54.0 Å². The van der Waals surface area contributed by atoms with E-state index in [0.717, 1.165) is 49.5 Å². The summed E-state index contributed by atoms with van der Waals surface area (Å²) >= 11 is 0. The summed E-state index contributed by atoms with van der Waals surface area (Å²) in [4.78, 5) is 19.4. The van der Waals surface area contributed by atoms with Crippen LogP contribution < -0.4 is 14.7 Å². The molecule has 150 valence electrons. The van der Waals surface area contributed by atoms with E-state index in [0.29, 0.717) is 32.0 Å². The number of halogens is 3. The van der Waals surface area contributed by atoms with Gasteiger partial charge in [-0.05, 0) is 31.9 Å². The lowest BCUT2D eigenvalue weighted by molar-refractivity contribution is -0.141. The highest BCUT2D eigenvalue weighted by Crippen LogP contribution is 2.29. The van der Waals surface area contributed by atoms with E-state index in [1.165, 1.54) is 6.07 Å². The molecule has 0 aliphatic carbocycles. The third-order valence-corrected chi connectivity index (χ3v) is 5.17. The Labute approximate surface area is 162 Å². The van der Waals surface area contributed by atoms with E-state index in [9.17, 15) is 13.2 Å². The van der Waals surface area contributed by atoms with Gasteiger partial charge in [0.1, 0.15) is 17.3 Å². The predicted molar refractivity (Wildman–Crippen MR) is 102 cm³/mol. The zero-order chi connectivity index (χ0) is 19.7. The molecule has 6 nitrogen and oxygen atoms in total. The first-order valence-electron chi connectivity index (χ1n) is 9.55. The van der Waals surface area contributed by atoms with Crippen LogP contribution in [-0.2, 0) is 6.18 Å². The molecule has 0 N–H and O–H groups in total. The quantitative estimate of drug-likeness (QED) is 0.800. The Kier molecular flexibility index (Phi) is 4.99. The Hall–Kier alpha value is -2.58. The number of hydrogen-bond acceptors (Lipinski definition) is 6. The third-order valence-electron chi connectivity index (χ3n) is 5.17. The molecule has 2 saturated heterocycles. The molecule has 2 aromatic heterocycles. The van der Waals surface area contributed by atoms with Gasteiger partial charge >= 0.3 is 6.18 Å². The highest BCUT2D eigenvalue weighted by atomic mass is 19.4. The molecule has 2 aromatic rings. The second-order valence-electron chi connectivity index (χ2n) is 7.21. The van der Waals surface area contributed by atoms with Crippen LogP contribution in [0.4, 0.5) is 30.8 Å². The van der Waals surface area contributed by atoms with Gasteiger partial charge in [-0.1, -0.05) is 6.07 Å². The van der Waals surface area contributed by atoms with Crippen molar-refractivity contribution in [2.45, 2.75) is 25.9 Å². The summed E-state index contributed by atoms with van der Waals surface area (Å²) in [5.41, 5.74) is 0.0722. The summed E-state index contributed by atoms with van der Waals surface area (Å²) in [6.45, 7) is 6.47. The number of pyridine rings is 1. The van der Waals surface area contributed by atoms with E-state index < -0.39 is 11.9 Å².